The number of rotatable bonds is 4. The van der Waals surface area contributed by atoms with Gasteiger partial charge < -0.3 is 14.4 Å². The predicted molar refractivity (Wildman–Crippen MR) is 77.4 cm³/mol. The summed E-state index contributed by atoms with van der Waals surface area (Å²) in [5.74, 6) is 0. The average molecular weight is 277 g/mol. The number of carbonyl (C=O) groups is 1. The SMILES string of the molecule is COC(C)(C)C1CCCN1C(=O)OCc1ccccc1. The molecule has 1 fully saturated rings. The molecule has 1 aliphatic rings. The topological polar surface area (TPSA) is 38.8 Å². The minimum Gasteiger partial charge on any atom is -0.445 e. The quantitative estimate of drug-likeness (QED) is 0.848. The van der Waals surface area contributed by atoms with Crippen LogP contribution in [0.4, 0.5) is 4.79 Å². The summed E-state index contributed by atoms with van der Waals surface area (Å²) in [6, 6.07) is 9.81. The minimum absolute atomic E-state index is 0.0794. The molecule has 1 heterocycles. The van der Waals surface area contributed by atoms with Crippen LogP contribution in [0.3, 0.4) is 0 Å². The van der Waals surface area contributed by atoms with Crippen LogP contribution in [0.15, 0.2) is 30.3 Å². The van der Waals surface area contributed by atoms with Gasteiger partial charge in [0.1, 0.15) is 6.61 Å². The van der Waals surface area contributed by atoms with Gasteiger partial charge in [0.2, 0.25) is 0 Å². The Balaban J connectivity index is 1.95. The Labute approximate surface area is 120 Å². The minimum atomic E-state index is -0.345. The zero-order valence-corrected chi connectivity index (χ0v) is 12.5. The first-order chi connectivity index (χ1) is 9.54. The average Bonchev–Trinajstić information content (AvgIpc) is 2.96. The molecule has 1 aliphatic heterocycles. The molecular weight excluding hydrogens is 254 g/mol. The van der Waals surface area contributed by atoms with E-state index in [1.165, 1.54) is 0 Å². The standard InChI is InChI=1S/C16H23NO3/c1-16(2,19-3)14-10-7-11-17(14)15(18)20-12-13-8-5-4-6-9-13/h4-6,8-9,14H,7,10-12H2,1-3H3. The van der Waals surface area contributed by atoms with E-state index < -0.39 is 0 Å². The zero-order valence-electron chi connectivity index (χ0n) is 12.5. The molecule has 1 aromatic carbocycles. The second kappa shape index (κ2) is 6.27. The molecule has 0 aliphatic carbocycles. The van der Waals surface area contributed by atoms with Crippen molar-refractivity contribution < 1.29 is 14.3 Å². The van der Waals surface area contributed by atoms with Crippen LogP contribution in [0.5, 0.6) is 0 Å². The lowest BCUT2D eigenvalue weighted by atomic mass is 9.96. The van der Waals surface area contributed by atoms with Crippen molar-refractivity contribution in [2.75, 3.05) is 13.7 Å². The summed E-state index contributed by atoms with van der Waals surface area (Å²) in [6.45, 7) is 5.09. The van der Waals surface area contributed by atoms with Crippen LogP contribution in [0.1, 0.15) is 32.3 Å². The molecule has 4 heteroatoms. The van der Waals surface area contributed by atoms with Gasteiger partial charge in [-0.1, -0.05) is 30.3 Å². The Morgan fingerprint density at radius 1 is 1.35 bits per heavy atom. The highest BCUT2D eigenvalue weighted by Crippen LogP contribution is 2.29. The number of methoxy groups -OCH3 is 1. The Bertz CT molecular complexity index is 444. The zero-order chi connectivity index (χ0) is 14.6. The molecule has 110 valence electrons. The molecule has 1 unspecified atom stereocenters. The van der Waals surface area contributed by atoms with E-state index in [4.69, 9.17) is 9.47 Å². The molecule has 0 radical (unpaired) electrons. The normalized spacial score (nSPS) is 19.1. The summed E-state index contributed by atoms with van der Waals surface area (Å²) >= 11 is 0. The van der Waals surface area contributed by atoms with Crippen LogP contribution >= 0.6 is 0 Å². The number of nitrogens with zero attached hydrogens (tertiary/aromatic N) is 1. The van der Waals surface area contributed by atoms with Crippen LogP contribution in [0, 0.1) is 0 Å². The molecule has 2 rings (SSSR count). The lowest BCUT2D eigenvalue weighted by Gasteiger charge is -2.36. The number of hydrogen-bond donors (Lipinski definition) is 0. The van der Waals surface area contributed by atoms with E-state index in [2.05, 4.69) is 0 Å². The van der Waals surface area contributed by atoms with Crippen LogP contribution in [-0.2, 0) is 16.1 Å². The molecule has 20 heavy (non-hydrogen) atoms. The monoisotopic (exact) mass is 277 g/mol. The molecule has 1 atom stereocenters. The highest BCUT2D eigenvalue weighted by molar-refractivity contribution is 5.68. The Kier molecular flexibility index (Phi) is 4.65. The van der Waals surface area contributed by atoms with Crippen molar-refractivity contribution in [2.24, 2.45) is 0 Å². The van der Waals surface area contributed by atoms with E-state index in [0.717, 1.165) is 24.9 Å². The number of ether oxygens (including phenoxy) is 2. The smallest absolute Gasteiger partial charge is 0.410 e. The van der Waals surface area contributed by atoms with Gasteiger partial charge in [-0.25, -0.2) is 4.79 Å². The van der Waals surface area contributed by atoms with Gasteiger partial charge in [-0.3, -0.25) is 0 Å². The fourth-order valence-electron chi connectivity index (χ4n) is 2.65. The maximum absolute atomic E-state index is 12.2. The van der Waals surface area contributed by atoms with Gasteiger partial charge in [0.15, 0.2) is 0 Å². The number of hydrogen-bond acceptors (Lipinski definition) is 3. The number of carbonyl (C=O) groups excluding carboxylic acids is 1. The van der Waals surface area contributed by atoms with Crippen LogP contribution in [-0.4, -0.2) is 36.3 Å². The van der Waals surface area contributed by atoms with Crippen molar-refractivity contribution in [3.8, 4) is 0 Å². The largest absolute Gasteiger partial charge is 0.445 e. The van der Waals surface area contributed by atoms with Crippen molar-refractivity contribution in [3.05, 3.63) is 35.9 Å². The first kappa shape index (κ1) is 14.9. The molecule has 0 N–H and O–H groups in total. The Morgan fingerprint density at radius 2 is 2.05 bits per heavy atom. The van der Waals surface area contributed by atoms with Crippen molar-refractivity contribution in [3.63, 3.8) is 0 Å². The van der Waals surface area contributed by atoms with Crippen LogP contribution in [0.2, 0.25) is 0 Å². The van der Waals surface area contributed by atoms with Gasteiger partial charge in [-0.2, -0.15) is 0 Å². The number of benzene rings is 1. The summed E-state index contributed by atoms with van der Waals surface area (Å²) in [6.07, 6.45) is 1.71. The van der Waals surface area contributed by atoms with Crippen molar-refractivity contribution in [1.29, 1.82) is 0 Å². The molecule has 0 aromatic heterocycles. The van der Waals surface area contributed by atoms with Crippen LogP contribution in [0.25, 0.3) is 0 Å². The van der Waals surface area contributed by atoms with E-state index in [-0.39, 0.29) is 17.7 Å². The highest BCUT2D eigenvalue weighted by atomic mass is 16.6. The van der Waals surface area contributed by atoms with Crippen molar-refractivity contribution >= 4 is 6.09 Å². The molecular formula is C16H23NO3. The van der Waals surface area contributed by atoms with E-state index in [1.54, 1.807) is 12.0 Å². The van der Waals surface area contributed by atoms with Gasteiger partial charge in [-0.05, 0) is 32.3 Å². The molecule has 1 aromatic rings. The van der Waals surface area contributed by atoms with Gasteiger partial charge in [0.25, 0.3) is 0 Å². The molecule has 0 spiro atoms. The lowest BCUT2D eigenvalue weighted by molar-refractivity contribution is -0.0391. The third-order valence-electron chi connectivity index (χ3n) is 4.02. The fraction of sp³-hybridized carbons (Fsp3) is 0.562. The van der Waals surface area contributed by atoms with E-state index in [1.807, 2.05) is 44.2 Å². The Morgan fingerprint density at radius 3 is 2.70 bits per heavy atom. The molecule has 1 saturated heterocycles. The highest BCUT2D eigenvalue weighted by Gasteiger charge is 2.40. The number of likely N-dealkylation sites (tertiary alicyclic amines) is 1. The molecule has 1 amide bonds. The fourth-order valence-corrected chi connectivity index (χ4v) is 2.65. The van der Waals surface area contributed by atoms with E-state index >= 15 is 0 Å². The van der Waals surface area contributed by atoms with Gasteiger partial charge in [0.05, 0.1) is 11.6 Å². The summed E-state index contributed by atoms with van der Waals surface area (Å²) in [5, 5.41) is 0. The third kappa shape index (κ3) is 3.31. The third-order valence-corrected chi connectivity index (χ3v) is 4.02. The summed E-state index contributed by atoms with van der Waals surface area (Å²) in [5.41, 5.74) is 0.657. The van der Waals surface area contributed by atoms with Crippen molar-refractivity contribution in [2.45, 2.75) is 44.9 Å². The van der Waals surface area contributed by atoms with Gasteiger partial charge >= 0.3 is 6.09 Å². The van der Waals surface area contributed by atoms with E-state index in [0.29, 0.717) is 6.61 Å². The lowest BCUT2D eigenvalue weighted by Crippen LogP contribution is -2.49. The maximum atomic E-state index is 12.2. The summed E-state index contributed by atoms with van der Waals surface area (Å²) < 4.78 is 10.9. The second-order valence-corrected chi connectivity index (χ2v) is 5.70. The molecule has 0 saturated carbocycles. The first-order valence-electron chi connectivity index (χ1n) is 7.07. The van der Waals surface area contributed by atoms with Crippen molar-refractivity contribution in [1.82, 2.24) is 4.90 Å². The van der Waals surface area contributed by atoms with Gasteiger partial charge in [0, 0.05) is 13.7 Å². The molecule has 0 bridgehead atoms. The first-order valence-corrected chi connectivity index (χ1v) is 7.07. The molecule has 4 nitrogen and oxygen atoms in total. The second-order valence-electron chi connectivity index (χ2n) is 5.70. The summed E-state index contributed by atoms with van der Waals surface area (Å²) in [4.78, 5) is 14.0. The van der Waals surface area contributed by atoms with Crippen LogP contribution < -0.4 is 0 Å². The Hall–Kier alpha value is -1.55. The predicted octanol–water partition coefficient (Wildman–Crippen LogP) is 3.21. The summed E-state index contributed by atoms with van der Waals surface area (Å²) in [7, 11) is 1.69. The number of amides is 1. The van der Waals surface area contributed by atoms with Gasteiger partial charge in [-0.15, -0.1) is 0 Å². The van der Waals surface area contributed by atoms with E-state index in [9.17, 15) is 4.79 Å². The maximum Gasteiger partial charge on any atom is 0.410 e.